The predicted octanol–water partition coefficient (Wildman–Crippen LogP) is -1.24. The molecular formula is C8H22IrN5-. The number of hydrogen-bond donors (Lipinski definition) is 4. The van der Waals surface area contributed by atoms with Crippen LogP contribution in [0.3, 0.4) is 0 Å². The molecule has 0 aromatic carbocycles. The first-order valence-corrected chi connectivity index (χ1v) is 4.88. The van der Waals surface area contributed by atoms with Crippen LogP contribution in [0.2, 0.25) is 0 Å². The Kier molecular flexibility index (Phi) is 19.2. The van der Waals surface area contributed by atoms with Gasteiger partial charge in [-0.25, -0.2) is 0 Å². The average molecular weight is 381 g/mol. The van der Waals surface area contributed by atoms with Crippen LogP contribution >= 0.6 is 0 Å². The van der Waals surface area contributed by atoms with Crippen molar-refractivity contribution in [1.29, 1.82) is 0 Å². The zero-order valence-electron chi connectivity index (χ0n) is 8.57. The molecule has 0 rings (SSSR count). The number of rotatable bonds is 10. The van der Waals surface area contributed by atoms with Crippen molar-refractivity contribution < 1.29 is 20.1 Å². The van der Waals surface area contributed by atoms with Crippen LogP contribution in [0, 0.1) is 0 Å². The monoisotopic (exact) mass is 381 g/mol. The molecule has 0 aromatic heterocycles. The van der Waals surface area contributed by atoms with Gasteiger partial charge in [0.05, 0.1) is 0 Å². The number of hydrogen-bond acceptors (Lipinski definition) is 4. The summed E-state index contributed by atoms with van der Waals surface area (Å²) in [5.41, 5.74) is 12.2. The molecule has 0 unspecified atom stereocenters. The van der Waals surface area contributed by atoms with Crippen molar-refractivity contribution in [3.63, 3.8) is 0 Å². The van der Waals surface area contributed by atoms with Gasteiger partial charge in [-0.1, -0.05) is 0 Å². The van der Waals surface area contributed by atoms with Crippen molar-refractivity contribution >= 4 is 0 Å². The zero-order valence-corrected chi connectivity index (χ0v) is 11.0. The molecule has 0 aliphatic heterocycles. The normalized spacial score (nSPS) is 9.86. The second-order valence-electron chi connectivity index (χ2n) is 2.79. The van der Waals surface area contributed by atoms with Gasteiger partial charge in [-0.3, -0.25) is 0 Å². The molecule has 0 fully saturated rings. The van der Waals surface area contributed by atoms with Gasteiger partial charge in [-0.05, 0) is 6.54 Å². The molecule has 89 valence electrons. The first-order valence-electron chi connectivity index (χ1n) is 4.88. The second-order valence-corrected chi connectivity index (χ2v) is 2.79. The van der Waals surface area contributed by atoms with Crippen LogP contribution in [0.5, 0.6) is 0 Å². The van der Waals surface area contributed by atoms with E-state index in [1.54, 1.807) is 0 Å². The first kappa shape index (κ1) is 16.9. The second kappa shape index (κ2) is 15.9. The van der Waals surface area contributed by atoms with Crippen LogP contribution in [-0.4, -0.2) is 52.4 Å². The zero-order chi connectivity index (χ0) is 9.78. The molecule has 5 nitrogen and oxygen atoms in total. The average Bonchev–Trinajstić information content (AvgIpc) is 2.16. The summed E-state index contributed by atoms with van der Waals surface area (Å²) in [5, 5.41) is 9.62. The van der Waals surface area contributed by atoms with E-state index in [-0.39, 0.29) is 20.1 Å². The van der Waals surface area contributed by atoms with Gasteiger partial charge in [0.1, 0.15) is 0 Å². The van der Waals surface area contributed by atoms with E-state index in [4.69, 9.17) is 11.5 Å². The summed E-state index contributed by atoms with van der Waals surface area (Å²) in [5.74, 6) is 0. The molecule has 0 heterocycles. The standard InChI is InChI=1S/C8H22N5.Ir/c9-1-3-11-5-7-13-8-6-12-4-2-10;/h9,11-13H,1-8,10H2;/q-1;. The van der Waals surface area contributed by atoms with Gasteiger partial charge in [0.2, 0.25) is 0 Å². The van der Waals surface area contributed by atoms with Crippen LogP contribution in [-0.2, 0) is 20.1 Å². The molecule has 0 aliphatic carbocycles. The molecular weight excluding hydrogens is 358 g/mol. The van der Waals surface area contributed by atoms with Crippen molar-refractivity contribution in [2.24, 2.45) is 5.73 Å². The van der Waals surface area contributed by atoms with Crippen molar-refractivity contribution in [1.82, 2.24) is 16.0 Å². The summed E-state index contributed by atoms with van der Waals surface area (Å²) < 4.78 is 0. The molecule has 6 heteroatoms. The van der Waals surface area contributed by atoms with Crippen molar-refractivity contribution in [2.75, 3.05) is 52.4 Å². The molecule has 0 aliphatic rings. The SMILES string of the molecule is [Ir].[NH-]CCNCCNCCNCCN. The van der Waals surface area contributed by atoms with Crippen molar-refractivity contribution in [2.45, 2.75) is 0 Å². The minimum atomic E-state index is 0. The molecule has 0 aromatic rings. The Labute approximate surface area is 100 Å². The molecule has 0 saturated heterocycles. The summed E-state index contributed by atoms with van der Waals surface area (Å²) in [6.07, 6.45) is 0. The van der Waals surface area contributed by atoms with E-state index in [0.29, 0.717) is 13.1 Å². The van der Waals surface area contributed by atoms with E-state index in [2.05, 4.69) is 16.0 Å². The van der Waals surface area contributed by atoms with E-state index in [1.165, 1.54) is 0 Å². The molecule has 6 N–H and O–H groups in total. The topological polar surface area (TPSA) is 85.9 Å². The fourth-order valence-corrected chi connectivity index (χ4v) is 0.919. The number of nitrogens with one attached hydrogen (secondary N) is 4. The summed E-state index contributed by atoms with van der Waals surface area (Å²) in [6.45, 7) is 6.67. The fraction of sp³-hybridized carbons (Fsp3) is 1.00. The quantitative estimate of drug-likeness (QED) is 0.357. The third-order valence-electron chi connectivity index (χ3n) is 1.58. The third kappa shape index (κ3) is 14.9. The molecule has 0 saturated carbocycles. The van der Waals surface area contributed by atoms with E-state index in [0.717, 1.165) is 39.3 Å². The summed E-state index contributed by atoms with van der Waals surface area (Å²) in [7, 11) is 0. The Balaban J connectivity index is 0. The summed E-state index contributed by atoms with van der Waals surface area (Å²) >= 11 is 0. The van der Waals surface area contributed by atoms with Crippen LogP contribution in [0.4, 0.5) is 0 Å². The Hall–Kier alpha value is 0.449. The molecule has 0 spiro atoms. The van der Waals surface area contributed by atoms with Gasteiger partial charge in [0, 0.05) is 59.4 Å². The van der Waals surface area contributed by atoms with Gasteiger partial charge in [0.15, 0.2) is 0 Å². The Bertz CT molecular complexity index is 83.8. The third-order valence-corrected chi connectivity index (χ3v) is 1.58. The first-order chi connectivity index (χ1) is 6.41. The smallest absolute Gasteiger partial charge is 0.00772 e. The molecule has 0 bridgehead atoms. The maximum absolute atomic E-state index is 6.89. The Morgan fingerprint density at radius 3 is 1.64 bits per heavy atom. The minimum Gasteiger partial charge on any atom is -0.676 e. The van der Waals surface area contributed by atoms with Gasteiger partial charge in [-0.15, -0.1) is 6.54 Å². The van der Waals surface area contributed by atoms with Crippen LogP contribution in [0.25, 0.3) is 5.73 Å². The molecule has 1 radical (unpaired) electrons. The van der Waals surface area contributed by atoms with Gasteiger partial charge >= 0.3 is 0 Å². The van der Waals surface area contributed by atoms with E-state index in [9.17, 15) is 0 Å². The number of nitrogens with two attached hydrogens (primary N) is 1. The van der Waals surface area contributed by atoms with Gasteiger partial charge in [-0.2, -0.15) is 0 Å². The van der Waals surface area contributed by atoms with Gasteiger partial charge < -0.3 is 27.4 Å². The minimum absolute atomic E-state index is 0. The molecule has 14 heavy (non-hydrogen) atoms. The Morgan fingerprint density at radius 2 is 1.21 bits per heavy atom. The van der Waals surface area contributed by atoms with Crippen molar-refractivity contribution in [3.8, 4) is 0 Å². The van der Waals surface area contributed by atoms with Crippen LogP contribution in [0.1, 0.15) is 0 Å². The van der Waals surface area contributed by atoms with E-state index < -0.39 is 0 Å². The van der Waals surface area contributed by atoms with E-state index >= 15 is 0 Å². The fourth-order valence-electron chi connectivity index (χ4n) is 0.919. The summed E-state index contributed by atoms with van der Waals surface area (Å²) in [4.78, 5) is 0. The maximum Gasteiger partial charge on any atom is 0.00772 e. The van der Waals surface area contributed by atoms with Crippen molar-refractivity contribution in [3.05, 3.63) is 5.73 Å². The van der Waals surface area contributed by atoms with Gasteiger partial charge in [0.25, 0.3) is 0 Å². The summed E-state index contributed by atoms with van der Waals surface area (Å²) in [6, 6.07) is 0. The Morgan fingerprint density at radius 1 is 0.786 bits per heavy atom. The molecule has 0 amide bonds. The maximum atomic E-state index is 6.89. The van der Waals surface area contributed by atoms with E-state index in [1.807, 2.05) is 0 Å². The largest absolute Gasteiger partial charge is 0.676 e. The predicted molar refractivity (Wildman–Crippen MR) is 56.9 cm³/mol. The molecule has 0 atom stereocenters. The van der Waals surface area contributed by atoms with Crippen LogP contribution < -0.4 is 21.7 Å². The van der Waals surface area contributed by atoms with Crippen LogP contribution in [0.15, 0.2) is 0 Å².